The Hall–Kier alpha value is -1.39. The van der Waals surface area contributed by atoms with E-state index in [1.807, 2.05) is 5.38 Å². The maximum Gasteiger partial charge on any atom is 0.270 e. The van der Waals surface area contributed by atoms with E-state index in [4.69, 9.17) is 11.5 Å². The normalized spacial score (nSPS) is 11.0. The number of amides is 1. The number of hydrogen-bond acceptors (Lipinski definition) is 8. The largest absolute Gasteiger partial charge is 0.351 e. The SMILES string of the molecule is NCCCCNCCCNC(=O)c1csc(-c2csc(CCN)n2)n1. The first-order valence-corrected chi connectivity index (χ1v) is 10.3. The Bertz CT molecular complexity index is 642. The molecule has 0 saturated heterocycles. The molecule has 0 saturated carbocycles. The van der Waals surface area contributed by atoms with Crippen molar-refractivity contribution in [1.82, 2.24) is 20.6 Å². The lowest BCUT2D eigenvalue weighted by Gasteiger charge is -2.05. The molecular formula is C16H26N6OS2. The van der Waals surface area contributed by atoms with Crippen molar-refractivity contribution < 1.29 is 4.79 Å². The fraction of sp³-hybridized carbons (Fsp3) is 0.562. The van der Waals surface area contributed by atoms with Gasteiger partial charge in [-0.05, 0) is 45.4 Å². The Labute approximate surface area is 156 Å². The Kier molecular flexibility index (Phi) is 8.98. The zero-order chi connectivity index (χ0) is 17.9. The Morgan fingerprint density at radius 2 is 1.84 bits per heavy atom. The summed E-state index contributed by atoms with van der Waals surface area (Å²) in [6, 6.07) is 0. The van der Waals surface area contributed by atoms with Gasteiger partial charge in [0.15, 0.2) is 0 Å². The minimum Gasteiger partial charge on any atom is -0.351 e. The molecule has 0 aliphatic heterocycles. The van der Waals surface area contributed by atoms with Crippen LogP contribution in [0.25, 0.3) is 10.7 Å². The van der Waals surface area contributed by atoms with Gasteiger partial charge in [-0.15, -0.1) is 22.7 Å². The number of nitrogens with two attached hydrogens (primary N) is 2. The molecule has 0 bridgehead atoms. The molecule has 7 nitrogen and oxygen atoms in total. The summed E-state index contributed by atoms with van der Waals surface area (Å²) in [6.45, 7) is 3.81. The zero-order valence-electron chi connectivity index (χ0n) is 14.3. The maximum absolute atomic E-state index is 12.1. The third-order valence-corrected chi connectivity index (χ3v) is 5.26. The number of nitrogens with zero attached hydrogens (tertiary/aromatic N) is 2. The predicted molar refractivity (Wildman–Crippen MR) is 104 cm³/mol. The second-order valence-electron chi connectivity index (χ2n) is 5.56. The van der Waals surface area contributed by atoms with Gasteiger partial charge < -0.3 is 22.1 Å². The van der Waals surface area contributed by atoms with Crippen LogP contribution in [0.2, 0.25) is 0 Å². The zero-order valence-corrected chi connectivity index (χ0v) is 15.9. The summed E-state index contributed by atoms with van der Waals surface area (Å²) >= 11 is 3.01. The lowest BCUT2D eigenvalue weighted by molar-refractivity contribution is 0.0949. The minimum atomic E-state index is -0.136. The number of rotatable bonds is 12. The molecule has 0 radical (unpaired) electrons. The van der Waals surface area contributed by atoms with Gasteiger partial charge in [-0.3, -0.25) is 4.79 Å². The lowest BCUT2D eigenvalue weighted by Crippen LogP contribution is -2.28. The molecule has 0 spiro atoms. The molecule has 0 aromatic carbocycles. The molecule has 6 N–H and O–H groups in total. The average Bonchev–Trinajstić information content (AvgIpc) is 3.26. The third-order valence-electron chi connectivity index (χ3n) is 3.49. The summed E-state index contributed by atoms with van der Waals surface area (Å²) in [4.78, 5) is 21.0. The standard InChI is InChI=1S/C16H26N6OS2/c17-5-1-2-7-19-8-3-9-20-15(23)12-10-25-16(22-12)13-11-24-14(21-13)4-6-18/h10-11,19H,1-9,17-18H2,(H,20,23). The van der Waals surface area contributed by atoms with Crippen LogP contribution in [0.4, 0.5) is 0 Å². The van der Waals surface area contributed by atoms with Crippen molar-refractivity contribution >= 4 is 28.6 Å². The highest BCUT2D eigenvalue weighted by atomic mass is 32.1. The highest BCUT2D eigenvalue weighted by Crippen LogP contribution is 2.25. The van der Waals surface area contributed by atoms with Gasteiger partial charge in [0.25, 0.3) is 5.91 Å². The van der Waals surface area contributed by atoms with Crippen molar-refractivity contribution in [2.24, 2.45) is 11.5 Å². The molecule has 2 aromatic heterocycles. The number of thiazole rings is 2. The second-order valence-corrected chi connectivity index (χ2v) is 7.36. The number of nitrogens with one attached hydrogen (secondary N) is 2. The van der Waals surface area contributed by atoms with Crippen LogP contribution in [0.1, 0.15) is 34.8 Å². The molecule has 138 valence electrons. The summed E-state index contributed by atoms with van der Waals surface area (Å²) in [7, 11) is 0. The molecule has 25 heavy (non-hydrogen) atoms. The van der Waals surface area contributed by atoms with E-state index in [1.54, 1.807) is 16.7 Å². The predicted octanol–water partition coefficient (Wildman–Crippen LogP) is 1.22. The molecule has 0 aliphatic rings. The van der Waals surface area contributed by atoms with E-state index in [-0.39, 0.29) is 5.91 Å². The van der Waals surface area contributed by atoms with Crippen LogP contribution in [0.15, 0.2) is 10.8 Å². The van der Waals surface area contributed by atoms with Crippen LogP contribution in [0.3, 0.4) is 0 Å². The Morgan fingerprint density at radius 1 is 1.00 bits per heavy atom. The number of aromatic nitrogens is 2. The van der Waals surface area contributed by atoms with Gasteiger partial charge in [-0.2, -0.15) is 0 Å². The highest BCUT2D eigenvalue weighted by molar-refractivity contribution is 7.14. The molecule has 0 atom stereocenters. The van der Waals surface area contributed by atoms with Crippen LogP contribution in [-0.2, 0) is 6.42 Å². The summed E-state index contributed by atoms with van der Waals surface area (Å²) in [5.41, 5.74) is 12.3. The first-order valence-electron chi connectivity index (χ1n) is 8.54. The van der Waals surface area contributed by atoms with Crippen molar-refractivity contribution in [3.63, 3.8) is 0 Å². The van der Waals surface area contributed by atoms with Crippen LogP contribution < -0.4 is 22.1 Å². The van der Waals surface area contributed by atoms with Gasteiger partial charge in [0, 0.05) is 23.7 Å². The van der Waals surface area contributed by atoms with Gasteiger partial charge in [-0.25, -0.2) is 9.97 Å². The van der Waals surface area contributed by atoms with Crippen molar-refractivity contribution in [3.05, 3.63) is 21.5 Å². The van der Waals surface area contributed by atoms with Crippen LogP contribution in [0, 0.1) is 0 Å². The van der Waals surface area contributed by atoms with E-state index in [0.29, 0.717) is 18.8 Å². The molecule has 0 unspecified atom stereocenters. The highest BCUT2D eigenvalue weighted by Gasteiger charge is 2.13. The molecule has 0 aliphatic carbocycles. The van der Waals surface area contributed by atoms with E-state index in [1.165, 1.54) is 11.3 Å². The first kappa shape index (κ1) is 19.9. The van der Waals surface area contributed by atoms with Gasteiger partial charge >= 0.3 is 0 Å². The van der Waals surface area contributed by atoms with Crippen LogP contribution in [-0.4, -0.2) is 48.6 Å². The first-order chi connectivity index (χ1) is 12.2. The minimum absolute atomic E-state index is 0.136. The van der Waals surface area contributed by atoms with Gasteiger partial charge in [0.2, 0.25) is 0 Å². The fourth-order valence-corrected chi connectivity index (χ4v) is 3.80. The van der Waals surface area contributed by atoms with E-state index < -0.39 is 0 Å². The average molecular weight is 383 g/mol. The van der Waals surface area contributed by atoms with Crippen LogP contribution in [0.5, 0.6) is 0 Å². The third kappa shape index (κ3) is 6.79. The maximum atomic E-state index is 12.1. The van der Waals surface area contributed by atoms with E-state index in [0.717, 1.165) is 61.0 Å². The number of unbranched alkanes of at least 4 members (excludes halogenated alkanes) is 1. The quantitative estimate of drug-likeness (QED) is 0.410. The molecule has 2 rings (SSSR count). The van der Waals surface area contributed by atoms with E-state index in [2.05, 4.69) is 20.6 Å². The second kappa shape index (κ2) is 11.3. The summed E-state index contributed by atoms with van der Waals surface area (Å²) in [5, 5.41) is 11.7. The smallest absolute Gasteiger partial charge is 0.270 e. The molecular weight excluding hydrogens is 356 g/mol. The number of carbonyl (C=O) groups is 1. The summed E-state index contributed by atoms with van der Waals surface area (Å²) < 4.78 is 0. The van der Waals surface area contributed by atoms with E-state index in [9.17, 15) is 4.79 Å². The molecule has 1 amide bonds. The van der Waals surface area contributed by atoms with Crippen molar-refractivity contribution in [2.75, 3.05) is 32.7 Å². The Balaban J connectivity index is 1.71. The lowest BCUT2D eigenvalue weighted by atomic mass is 10.3. The fourth-order valence-electron chi connectivity index (χ4n) is 2.17. The molecule has 2 heterocycles. The summed E-state index contributed by atoms with van der Waals surface area (Å²) in [6.07, 6.45) is 3.79. The number of hydrogen-bond donors (Lipinski definition) is 4. The van der Waals surface area contributed by atoms with Crippen molar-refractivity contribution in [3.8, 4) is 10.7 Å². The van der Waals surface area contributed by atoms with Gasteiger partial charge in [0.05, 0.1) is 5.01 Å². The summed E-state index contributed by atoms with van der Waals surface area (Å²) in [5.74, 6) is -0.136. The van der Waals surface area contributed by atoms with Crippen LogP contribution >= 0.6 is 22.7 Å². The molecule has 0 fully saturated rings. The van der Waals surface area contributed by atoms with E-state index >= 15 is 0 Å². The van der Waals surface area contributed by atoms with Crippen molar-refractivity contribution in [1.29, 1.82) is 0 Å². The molecule has 2 aromatic rings. The van der Waals surface area contributed by atoms with Crippen molar-refractivity contribution in [2.45, 2.75) is 25.7 Å². The topological polar surface area (TPSA) is 119 Å². The monoisotopic (exact) mass is 382 g/mol. The molecule has 9 heteroatoms. The number of carbonyl (C=O) groups excluding carboxylic acids is 1. The van der Waals surface area contributed by atoms with Gasteiger partial charge in [0.1, 0.15) is 16.4 Å². The Morgan fingerprint density at radius 3 is 2.64 bits per heavy atom. The van der Waals surface area contributed by atoms with Gasteiger partial charge in [-0.1, -0.05) is 0 Å².